The number of nitrogens with one attached hydrogen (secondary N) is 3. The number of amides is 3. The molecule has 122 valence electrons. The van der Waals surface area contributed by atoms with Crippen LogP contribution in [0.15, 0.2) is 30.5 Å². The van der Waals surface area contributed by atoms with E-state index in [1.54, 1.807) is 6.92 Å². The summed E-state index contributed by atoms with van der Waals surface area (Å²) in [6, 6.07) is 7.20. The molecule has 1 aromatic carbocycles. The first kappa shape index (κ1) is 16.5. The molecule has 3 amide bonds. The molecule has 0 atom stereocenters. The number of imide groups is 1. The van der Waals surface area contributed by atoms with E-state index in [-0.39, 0.29) is 6.42 Å². The minimum absolute atomic E-state index is 0.163. The van der Waals surface area contributed by atoms with Crippen LogP contribution in [0.4, 0.5) is 4.79 Å². The molecule has 7 nitrogen and oxygen atoms in total. The van der Waals surface area contributed by atoms with Gasteiger partial charge in [0, 0.05) is 30.1 Å². The number of aromatic nitrogens is 1. The van der Waals surface area contributed by atoms with Crippen molar-refractivity contribution in [1.82, 2.24) is 15.6 Å². The minimum Gasteiger partial charge on any atom is -0.456 e. The molecule has 0 aliphatic carbocycles. The summed E-state index contributed by atoms with van der Waals surface area (Å²) < 4.78 is 4.85. The van der Waals surface area contributed by atoms with Crippen molar-refractivity contribution in [2.75, 3.05) is 13.2 Å². The van der Waals surface area contributed by atoms with E-state index in [1.807, 2.05) is 30.5 Å². The molecule has 2 rings (SSSR count). The lowest BCUT2D eigenvalue weighted by molar-refractivity contribution is -0.148. The van der Waals surface area contributed by atoms with E-state index in [0.29, 0.717) is 13.0 Å². The first-order valence-electron chi connectivity index (χ1n) is 7.38. The zero-order valence-electron chi connectivity index (χ0n) is 12.8. The fourth-order valence-electron chi connectivity index (χ4n) is 2.16. The van der Waals surface area contributed by atoms with Crippen molar-refractivity contribution in [3.63, 3.8) is 0 Å². The zero-order chi connectivity index (χ0) is 16.7. The maximum absolute atomic E-state index is 11.7. The van der Waals surface area contributed by atoms with E-state index in [9.17, 15) is 14.4 Å². The molecule has 1 heterocycles. The van der Waals surface area contributed by atoms with Gasteiger partial charge in [-0.15, -0.1) is 0 Å². The second-order valence-corrected chi connectivity index (χ2v) is 4.93. The van der Waals surface area contributed by atoms with E-state index >= 15 is 0 Å². The Morgan fingerprint density at radius 1 is 1.22 bits per heavy atom. The second-order valence-electron chi connectivity index (χ2n) is 4.93. The molecule has 0 unspecified atom stereocenters. The van der Waals surface area contributed by atoms with Gasteiger partial charge in [0.25, 0.3) is 5.91 Å². The molecule has 0 aliphatic rings. The van der Waals surface area contributed by atoms with E-state index in [4.69, 9.17) is 4.74 Å². The molecule has 3 N–H and O–H groups in total. The minimum atomic E-state index is -0.656. The Labute approximate surface area is 133 Å². The van der Waals surface area contributed by atoms with Gasteiger partial charge >= 0.3 is 12.0 Å². The van der Waals surface area contributed by atoms with Gasteiger partial charge in [-0.1, -0.05) is 18.2 Å². The number of ether oxygens (including phenoxy) is 1. The third kappa shape index (κ3) is 4.84. The van der Waals surface area contributed by atoms with Gasteiger partial charge in [-0.2, -0.15) is 0 Å². The van der Waals surface area contributed by atoms with Gasteiger partial charge in [-0.3, -0.25) is 14.9 Å². The van der Waals surface area contributed by atoms with Crippen molar-refractivity contribution in [2.45, 2.75) is 19.8 Å². The normalized spacial score (nSPS) is 10.3. The summed E-state index contributed by atoms with van der Waals surface area (Å²) in [7, 11) is 0. The highest BCUT2D eigenvalue weighted by Crippen LogP contribution is 2.18. The highest BCUT2D eigenvalue weighted by molar-refractivity contribution is 5.95. The van der Waals surface area contributed by atoms with Crippen molar-refractivity contribution in [2.24, 2.45) is 0 Å². The molecule has 0 radical (unpaired) electrons. The van der Waals surface area contributed by atoms with Gasteiger partial charge in [-0.25, -0.2) is 4.79 Å². The first-order chi connectivity index (χ1) is 11.1. The number of hydrogen-bond acceptors (Lipinski definition) is 4. The van der Waals surface area contributed by atoms with Gasteiger partial charge in [0.05, 0.1) is 0 Å². The highest BCUT2D eigenvalue weighted by atomic mass is 16.5. The maximum atomic E-state index is 11.7. The monoisotopic (exact) mass is 317 g/mol. The molecule has 0 fully saturated rings. The van der Waals surface area contributed by atoms with E-state index < -0.39 is 24.5 Å². The van der Waals surface area contributed by atoms with Crippen molar-refractivity contribution in [3.05, 3.63) is 36.0 Å². The summed E-state index contributed by atoms with van der Waals surface area (Å²) in [5.74, 6) is -1.14. The van der Waals surface area contributed by atoms with Crippen molar-refractivity contribution in [3.8, 4) is 0 Å². The summed E-state index contributed by atoms with van der Waals surface area (Å²) in [6.45, 7) is 1.67. The molecule has 0 bridgehead atoms. The van der Waals surface area contributed by atoms with E-state index in [2.05, 4.69) is 15.6 Å². The fraction of sp³-hybridized carbons (Fsp3) is 0.312. The summed E-state index contributed by atoms with van der Waals surface area (Å²) in [6.07, 6.45) is 2.54. The topological polar surface area (TPSA) is 100 Å². The van der Waals surface area contributed by atoms with Crippen LogP contribution >= 0.6 is 0 Å². The van der Waals surface area contributed by atoms with Crippen LogP contribution in [0.25, 0.3) is 10.9 Å². The Balaban J connectivity index is 1.75. The molecule has 7 heteroatoms. The number of aryl methyl sites for hydroxylation is 1. The number of fused-ring (bicyclic) bond motifs is 1. The number of para-hydroxylation sites is 1. The standard InChI is InChI=1S/C16H19N3O4/c1-2-17-16(22)19-14(20)10-23-15(21)8-7-11-9-18-13-6-4-3-5-12(11)13/h3-6,9,18H,2,7-8,10H2,1H3,(H2,17,19,20,22). The Bertz CT molecular complexity index is 708. The number of H-pyrrole nitrogens is 1. The largest absolute Gasteiger partial charge is 0.456 e. The average molecular weight is 317 g/mol. The molecule has 2 aromatic rings. The van der Waals surface area contributed by atoms with E-state index in [0.717, 1.165) is 16.5 Å². The smallest absolute Gasteiger partial charge is 0.321 e. The Hall–Kier alpha value is -2.83. The number of rotatable bonds is 6. The predicted octanol–water partition coefficient (Wildman–Crippen LogP) is 1.49. The Morgan fingerprint density at radius 2 is 2.00 bits per heavy atom. The van der Waals surface area contributed by atoms with Crippen LogP contribution in [0.3, 0.4) is 0 Å². The van der Waals surface area contributed by atoms with Crippen molar-refractivity contribution < 1.29 is 19.1 Å². The third-order valence-corrected chi connectivity index (χ3v) is 3.23. The molecular weight excluding hydrogens is 298 g/mol. The molecular formula is C16H19N3O4. The average Bonchev–Trinajstić information content (AvgIpc) is 2.94. The molecule has 23 heavy (non-hydrogen) atoms. The van der Waals surface area contributed by atoms with Gasteiger partial charge < -0.3 is 15.0 Å². The van der Waals surface area contributed by atoms with Gasteiger partial charge in [0.1, 0.15) is 0 Å². The van der Waals surface area contributed by atoms with Crippen LogP contribution in [-0.2, 0) is 20.7 Å². The summed E-state index contributed by atoms with van der Waals surface area (Å²) in [4.78, 5) is 37.3. The number of urea groups is 1. The van der Waals surface area contributed by atoms with Gasteiger partial charge in [0.15, 0.2) is 6.61 Å². The van der Waals surface area contributed by atoms with Crippen LogP contribution in [0, 0.1) is 0 Å². The quantitative estimate of drug-likeness (QED) is 0.703. The van der Waals surface area contributed by atoms with Crippen LogP contribution < -0.4 is 10.6 Å². The van der Waals surface area contributed by atoms with Crippen LogP contribution in [0.5, 0.6) is 0 Å². The summed E-state index contributed by atoms with van der Waals surface area (Å²) in [5, 5.41) is 5.53. The van der Waals surface area contributed by atoms with Gasteiger partial charge in [-0.05, 0) is 25.0 Å². The lowest BCUT2D eigenvalue weighted by Gasteiger charge is -2.06. The predicted molar refractivity (Wildman–Crippen MR) is 84.8 cm³/mol. The van der Waals surface area contributed by atoms with E-state index in [1.165, 1.54) is 0 Å². The van der Waals surface area contributed by atoms with Crippen LogP contribution in [-0.4, -0.2) is 36.0 Å². The number of esters is 1. The first-order valence-corrected chi connectivity index (χ1v) is 7.38. The molecule has 0 aliphatic heterocycles. The molecule has 1 aromatic heterocycles. The number of aromatic amines is 1. The maximum Gasteiger partial charge on any atom is 0.321 e. The van der Waals surface area contributed by atoms with Crippen molar-refractivity contribution >= 4 is 28.8 Å². The molecule has 0 saturated carbocycles. The second kappa shape index (κ2) is 7.98. The fourth-order valence-corrected chi connectivity index (χ4v) is 2.16. The molecule has 0 spiro atoms. The lowest BCUT2D eigenvalue weighted by atomic mass is 10.1. The lowest BCUT2D eigenvalue weighted by Crippen LogP contribution is -2.41. The molecule has 0 saturated heterocycles. The van der Waals surface area contributed by atoms with Crippen LogP contribution in [0.2, 0.25) is 0 Å². The number of carbonyl (C=O) groups is 3. The highest BCUT2D eigenvalue weighted by Gasteiger charge is 2.11. The van der Waals surface area contributed by atoms with Crippen LogP contribution in [0.1, 0.15) is 18.9 Å². The number of hydrogen-bond donors (Lipinski definition) is 3. The summed E-state index contributed by atoms with van der Waals surface area (Å²) >= 11 is 0. The number of benzene rings is 1. The number of carbonyl (C=O) groups excluding carboxylic acids is 3. The van der Waals surface area contributed by atoms with Gasteiger partial charge in [0.2, 0.25) is 0 Å². The Morgan fingerprint density at radius 3 is 2.78 bits per heavy atom. The zero-order valence-corrected chi connectivity index (χ0v) is 12.8. The SMILES string of the molecule is CCNC(=O)NC(=O)COC(=O)CCc1c[nH]c2ccccc12. The van der Waals surface area contributed by atoms with Crippen molar-refractivity contribution in [1.29, 1.82) is 0 Å². The Kier molecular flexibility index (Phi) is 5.74. The summed E-state index contributed by atoms with van der Waals surface area (Å²) in [5.41, 5.74) is 2.03. The third-order valence-electron chi connectivity index (χ3n) is 3.23.